The molecule has 0 unspecified atom stereocenters. The van der Waals surface area contributed by atoms with Crippen molar-refractivity contribution in [1.29, 1.82) is 0 Å². The van der Waals surface area contributed by atoms with E-state index in [2.05, 4.69) is 15.1 Å². The van der Waals surface area contributed by atoms with Crippen LogP contribution in [0, 0.1) is 5.21 Å². The largest absolute Gasteiger partial charge is 0.594 e. The third kappa shape index (κ3) is 0.861. The Bertz CT molecular complexity index is 384. The van der Waals surface area contributed by atoms with Gasteiger partial charge in [-0.2, -0.15) is 0 Å². The molecule has 0 radical (unpaired) electrons. The molecule has 0 bridgehead atoms. The van der Waals surface area contributed by atoms with Crippen molar-refractivity contribution in [2.24, 2.45) is 0 Å². The van der Waals surface area contributed by atoms with Crippen LogP contribution in [0.2, 0.25) is 0 Å². The Morgan fingerprint density at radius 3 is 3.09 bits per heavy atom. The highest BCUT2D eigenvalue weighted by Gasteiger charge is 2.03. The number of hydrogen-bond donors (Lipinski definition) is 0. The molecule has 11 heavy (non-hydrogen) atoms. The number of hydrogen-bond acceptors (Lipinski definition) is 4. The van der Waals surface area contributed by atoms with Crippen molar-refractivity contribution < 1.29 is 4.85 Å². The average Bonchev–Trinajstić information content (AvgIpc) is 2.06. The topological polar surface area (TPSA) is 65.6 Å². The lowest BCUT2D eigenvalue weighted by Crippen LogP contribution is -2.31. The molecule has 0 N–H and O–H groups in total. The summed E-state index contributed by atoms with van der Waals surface area (Å²) in [5.41, 5.74) is 0.799. The Hall–Kier alpha value is -1.78. The number of aromatic nitrogens is 4. The highest BCUT2D eigenvalue weighted by molar-refractivity contribution is 5.64. The maximum absolute atomic E-state index is 10.9. The van der Waals surface area contributed by atoms with Crippen LogP contribution in [0.5, 0.6) is 0 Å². The molecule has 0 aromatic carbocycles. The van der Waals surface area contributed by atoms with E-state index >= 15 is 0 Å². The van der Waals surface area contributed by atoms with E-state index in [1.165, 1.54) is 6.33 Å². The molecule has 0 aliphatic carbocycles. The molecule has 2 heterocycles. The van der Waals surface area contributed by atoms with Gasteiger partial charge < -0.3 is 5.21 Å². The van der Waals surface area contributed by atoms with Crippen LogP contribution in [-0.4, -0.2) is 15.1 Å². The minimum Gasteiger partial charge on any atom is -0.594 e. The first-order chi connectivity index (χ1) is 5.38. The zero-order valence-electron chi connectivity index (χ0n) is 5.51. The van der Waals surface area contributed by atoms with Gasteiger partial charge in [0.2, 0.25) is 5.65 Å². The second-order valence-corrected chi connectivity index (χ2v) is 1.98. The van der Waals surface area contributed by atoms with Crippen LogP contribution in [0.15, 0.2) is 24.7 Å². The van der Waals surface area contributed by atoms with E-state index in [0.717, 1.165) is 0 Å². The lowest BCUT2D eigenvalue weighted by Gasteiger charge is -1.93. The van der Waals surface area contributed by atoms with Crippen LogP contribution in [0.4, 0.5) is 0 Å². The Balaban J connectivity index is 2.91. The third-order valence-corrected chi connectivity index (χ3v) is 1.31. The summed E-state index contributed by atoms with van der Waals surface area (Å²) in [7, 11) is 0. The van der Waals surface area contributed by atoms with Crippen molar-refractivity contribution in [3.8, 4) is 0 Å². The minimum absolute atomic E-state index is 0.384. The minimum atomic E-state index is 0.384. The van der Waals surface area contributed by atoms with Gasteiger partial charge in [-0.3, -0.25) is 0 Å². The van der Waals surface area contributed by atoms with Gasteiger partial charge in [-0.05, 0) is 10.9 Å². The van der Waals surface area contributed by atoms with E-state index in [9.17, 15) is 5.21 Å². The van der Waals surface area contributed by atoms with E-state index in [1.54, 1.807) is 18.3 Å². The zero-order valence-corrected chi connectivity index (χ0v) is 5.51. The van der Waals surface area contributed by atoms with Gasteiger partial charge in [-0.25, -0.2) is 9.97 Å². The van der Waals surface area contributed by atoms with Crippen molar-refractivity contribution in [1.82, 2.24) is 15.1 Å². The molecule has 2 rings (SSSR count). The monoisotopic (exact) mass is 148 g/mol. The van der Waals surface area contributed by atoms with Gasteiger partial charge >= 0.3 is 0 Å². The van der Waals surface area contributed by atoms with Gasteiger partial charge in [0.1, 0.15) is 0 Å². The molecule has 0 aliphatic rings. The first-order valence-electron chi connectivity index (χ1n) is 3.03. The van der Waals surface area contributed by atoms with Crippen LogP contribution >= 0.6 is 0 Å². The van der Waals surface area contributed by atoms with E-state index in [0.29, 0.717) is 16.0 Å². The number of fused-ring (bicyclic) bond motifs is 1. The van der Waals surface area contributed by atoms with E-state index in [4.69, 9.17) is 0 Å². The molecule has 0 saturated carbocycles. The summed E-state index contributed by atoms with van der Waals surface area (Å²) >= 11 is 0. The zero-order chi connectivity index (χ0) is 7.68. The van der Waals surface area contributed by atoms with Crippen LogP contribution in [0.3, 0.4) is 0 Å². The van der Waals surface area contributed by atoms with Gasteiger partial charge in [0, 0.05) is 17.4 Å². The summed E-state index contributed by atoms with van der Waals surface area (Å²) in [6, 6.07) is 3.29. The fourth-order valence-electron chi connectivity index (χ4n) is 0.827. The standard InChI is InChI=1S/C6H4N4O/c11-10-5-2-1-3-7-6(5)8-4-9-10/h1-4H. The predicted octanol–water partition coefficient (Wildman–Crippen LogP) is -0.342. The lowest BCUT2D eigenvalue weighted by molar-refractivity contribution is -0.643. The summed E-state index contributed by atoms with van der Waals surface area (Å²) in [6.45, 7) is 0. The molecule has 2 aromatic heterocycles. The van der Waals surface area contributed by atoms with Crippen LogP contribution in [-0.2, 0) is 0 Å². The first kappa shape index (κ1) is 5.96. The van der Waals surface area contributed by atoms with Gasteiger partial charge in [-0.15, -0.1) is 0 Å². The lowest BCUT2D eigenvalue weighted by atomic mass is 10.4. The normalized spacial score (nSPS) is 10.2. The van der Waals surface area contributed by atoms with Crippen LogP contribution in [0.25, 0.3) is 11.2 Å². The van der Waals surface area contributed by atoms with Crippen LogP contribution < -0.4 is 4.85 Å². The molecule has 5 heteroatoms. The van der Waals surface area contributed by atoms with Gasteiger partial charge in [-0.1, -0.05) is 0 Å². The highest BCUT2D eigenvalue weighted by Crippen LogP contribution is 1.97. The summed E-state index contributed by atoms with van der Waals surface area (Å²) in [5, 5.41) is 14.3. The molecular formula is C6H4N4O. The molecule has 0 fully saturated rings. The first-order valence-corrected chi connectivity index (χ1v) is 3.03. The van der Waals surface area contributed by atoms with Gasteiger partial charge in [0.15, 0.2) is 6.33 Å². The number of pyridine rings is 1. The fraction of sp³-hybridized carbons (Fsp3) is 0. The Labute approximate surface area is 61.9 Å². The van der Waals surface area contributed by atoms with Crippen molar-refractivity contribution in [3.05, 3.63) is 29.9 Å². The van der Waals surface area contributed by atoms with Crippen molar-refractivity contribution in [2.75, 3.05) is 0 Å². The Kier molecular flexibility index (Phi) is 1.15. The molecule has 0 aliphatic heterocycles. The van der Waals surface area contributed by atoms with Crippen molar-refractivity contribution >= 4 is 11.2 Å². The molecule has 0 saturated heterocycles. The number of rotatable bonds is 0. The van der Waals surface area contributed by atoms with Gasteiger partial charge in [0.25, 0.3) is 5.52 Å². The average molecular weight is 148 g/mol. The highest BCUT2D eigenvalue weighted by atomic mass is 16.5. The second kappa shape index (κ2) is 2.12. The van der Waals surface area contributed by atoms with E-state index in [1.807, 2.05) is 0 Å². The SMILES string of the molecule is [O-][n+]1ncnc2ncccc21. The molecule has 2 aromatic rings. The molecule has 0 spiro atoms. The molecule has 0 amide bonds. The summed E-state index contributed by atoms with van der Waals surface area (Å²) < 4.78 is 0. The quantitative estimate of drug-likeness (QED) is 0.378. The predicted molar refractivity (Wildman–Crippen MR) is 36.3 cm³/mol. The maximum atomic E-state index is 10.9. The second-order valence-electron chi connectivity index (χ2n) is 1.98. The summed E-state index contributed by atoms with van der Waals surface area (Å²) in [4.78, 5) is 8.16. The van der Waals surface area contributed by atoms with Gasteiger partial charge in [0.05, 0.1) is 0 Å². The third-order valence-electron chi connectivity index (χ3n) is 1.31. The van der Waals surface area contributed by atoms with Crippen LogP contribution in [0.1, 0.15) is 0 Å². The Morgan fingerprint density at radius 1 is 1.36 bits per heavy atom. The molecule has 54 valence electrons. The maximum Gasteiger partial charge on any atom is 0.289 e. The van der Waals surface area contributed by atoms with Crippen molar-refractivity contribution in [2.45, 2.75) is 0 Å². The Morgan fingerprint density at radius 2 is 2.27 bits per heavy atom. The molecular weight excluding hydrogens is 144 g/mol. The number of nitrogens with zero attached hydrogens (tertiary/aromatic N) is 4. The van der Waals surface area contributed by atoms with E-state index < -0.39 is 0 Å². The summed E-state index contributed by atoms with van der Waals surface area (Å²) in [5.74, 6) is 0. The smallest absolute Gasteiger partial charge is 0.289 e. The molecule has 5 nitrogen and oxygen atoms in total. The van der Waals surface area contributed by atoms with Crippen molar-refractivity contribution in [3.63, 3.8) is 0 Å². The summed E-state index contributed by atoms with van der Waals surface area (Å²) in [6.07, 6.45) is 2.76. The molecule has 0 atom stereocenters. The fourth-order valence-corrected chi connectivity index (χ4v) is 0.827. The van der Waals surface area contributed by atoms with E-state index in [-0.39, 0.29) is 0 Å².